The van der Waals surface area contributed by atoms with E-state index in [2.05, 4.69) is 15.9 Å². The maximum atomic E-state index is 11.7. The van der Waals surface area contributed by atoms with E-state index >= 15 is 0 Å². The number of aryl methyl sites for hydroxylation is 1. The first-order chi connectivity index (χ1) is 9.54. The molecular formula is C16H12BrClO2. The van der Waals surface area contributed by atoms with Gasteiger partial charge in [-0.3, -0.25) is 0 Å². The lowest BCUT2D eigenvalue weighted by molar-refractivity contribution is -0.128. The maximum Gasteiger partial charge on any atom is 0.336 e. The number of halogens is 2. The van der Waals surface area contributed by atoms with Crippen molar-refractivity contribution in [2.75, 3.05) is 0 Å². The zero-order valence-corrected chi connectivity index (χ0v) is 13.1. The molecular weight excluding hydrogens is 340 g/mol. The van der Waals surface area contributed by atoms with E-state index in [9.17, 15) is 4.79 Å². The fourth-order valence-electron chi connectivity index (χ4n) is 1.54. The number of rotatable bonds is 3. The highest BCUT2D eigenvalue weighted by molar-refractivity contribution is 9.10. The van der Waals surface area contributed by atoms with Crippen molar-refractivity contribution in [1.29, 1.82) is 0 Å². The molecule has 0 fully saturated rings. The van der Waals surface area contributed by atoms with Crippen LogP contribution in [0.4, 0.5) is 0 Å². The van der Waals surface area contributed by atoms with Crippen LogP contribution in [0.1, 0.15) is 11.1 Å². The van der Waals surface area contributed by atoms with E-state index in [1.165, 1.54) is 11.6 Å². The standard InChI is InChI=1S/C16H12BrClO2/c1-11-2-4-12(5-3-11)6-9-16(19)20-15-8-7-13(18)10-14(15)17/h2-10H,1H3. The molecule has 0 aliphatic carbocycles. The van der Waals surface area contributed by atoms with Gasteiger partial charge in [0.25, 0.3) is 0 Å². The summed E-state index contributed by atoms with van der Waals surface area (Å²) < 4.78 is 5.86. The number of hydrogen-bond acceptors (Lipinski definition) is 2. The molecule has 0 aliphatic rings. The first-order valence-electron chi connectivity index (χ1n) is 5.96. The molecule has 0 aliphatic heterocycles. The quantitative estimate of drug-likeness (QED) is 0.440. The minimum atomic E-state index is -0.436. The minimum Gasteiger partial charge on any atom is -0.422 e. The first kappa shape index (κ1) is 14.8. The van der Waals surface area contributed by atoms with Crippen molar-refractivity contribution < 1.29 is 9.53 Å². The van der Waals surface area contributed by atoms with E-state index in [0.717, 1.165) is 5.56 Å². The Hall–Kier alpha value is -1.58. The summed E-state index contributed by atoms with van der Waals surface area (Å²) in [5, 5.41) is 0.576. The van der Waals surface area contributed by atoms with Crippen LogP contribution < -0.4 is 4.74 Å². The number of hydrogen-bond donors (Lipinski definition) is 0. The first-order valence-corrected chi connectivity index (χ1v) is 7.13. The molecule has 2 rings (SSSR count). The molecule has 0 unspecified atom stereocenters. The summed E-state index contributed by atoms with van der Waals surface area (Å²) in [7, 11) is 0. The second kappa shape index (κ2) is 6.73. The van der Waals surface area contributed by atoms with E-state index in [0.29, 0.717) is 15.2 Å². The number of carbonyl (C=O) groups excluding carboxylic acids is 1. The Bertz CT molecular complexity index is 648. The second-order valence-electron chi connectivity index (χ2n) is 4.24. The summed E-state index contributed by atoms with van der Waals surface area (Å²) in [4.78, 5) is 11.7. The summed E-state index contributed by atoms with van der Waals surface area (Å²) in [6, 6.07) is 12.8. The summed E-state index contributed by atoms with van der Waals surface area (Å²) in [6.45, 7) is 2.01. The van der Waals surface area contributed by atoms with Gasteiger partial charge in [0.05, 0.1) is 4.47 Å². The third-order valence-electron chi connectivity index (χ3n) is 2.59. The normalized spacial score (nSPS) is 10.8. The Balaban J connectivity index is 2.03. The van der Waals surface area contributed by atoms with E-state index in [4.69, 9.17) is 16.3 Å². The van der Waals surface area contributed by atoms with Crippen LogP contribution in [0.15, 0.2) is 53.0 Å². The molecule has 0 atom stereocenters. The molecule has 0 radical (unpaired) electrons. The van der Waals surface area contributed by atoms with Gasteiger partial charge in [0, 0.05) is 11.1 Å². The highest BCUT2D eigenvalue weighted by Gasteiger charge is 2.05. The van der Waals surface area contributed by atoms with Crippen molar-refractivity contribution in [1.82, 2.24) is 0 Å². The lowest BCUT2D eigenvalue weighted by Crippen LogP contribution is -2.04. The number of carbonyl (C=O) groups is 1. The van der Waals surface area contributed by atoms with Crippen LogP contribution >= 0.6 is 27.5 Å². The van der Waals surface area contributed by atoms with Crippen LogP contribution in [0.5, 0.6) is 5.75 Å². The van der Waals surface area contributed by atoms with Gasteiger partial charge >= 0.3 is 5.97 Å². The van der Waals surface area contributed by atoms with Gasteiger partial charge in [0.15, 0.2) is 0 Å². The Kier molecular flexibility index (Phi) is 4.99. The van der Waals surface area contributed by atoms with Crippen LogP contribution in [-0.2, 0) is 4.79 Å². The lowest BCUT2D eigenvalue weighted by atomic mass is 10.1. The molecule has 2 aromatic carbocycles. The topological polar surface area (TPSA) is 26.3 Å². The molecule has 0 bridgehead atoms. The van der Waals surface area contributed by atoms with E-state index in [1.807, 2.05) is 31.2 Å². The van der Waals surface area contributed by atoms with Gasteiger partial charge < -0.3 is 4.74 Å². The molecule has 2 nitrogen and oxygen atoms in total. The molecule has 0 N–H and O–H groups in total. The van der Waals surface area contributed by atoms with Crippen molar-refractivity contribution in [3.63, 3.8) is 0 Å². The highest BCUT2D eigenvalue weighted by atomic mass is 79.9. The van der Waals surface area contributed by atoms with E-state index in [1.54, 1.807) is 24.3 Å². The fraction of sp³-hybridized carbons (Fsp3) is 0.0625. The second-order valence-corrected chi connectivity index (χ2v) is 5.53. The van der Waals surface area contributed by atoms with E-state index in [-0.39, 0.29) is 0 Å². The summed E-state index contributed by atoms with van der Waals surface area (Å²) in [6.07, 6.45) is 3.11. The van der Waals surface area contributed by atoms with Gasteiger partial charge in [0.1, 0.15) is 5.75 Å². The van der Waals surface area contributed by atoms with Crippen molar-refractivity contribution in [2.45, 2.75) is 6.92 Å². The smallest absolute Gasteiger partial charge is 0.336 e. The zero-order valence-electron chi connectivity index (χ0n) is 10.8. The molecule has 2 aromatic rings. The van der Waals surface area contributed by atoms with Crippen molar-refractivity contribution >= 4 is 39.6 Å². The monoisotopic (exact) mass is 350 g/mol. The number of ether oxygens (including phenoxy) is 1. The summed E-state index contributed by atoms with van der Waals surface area (Å²) >= 11 is 9.12. The van der Waals surface area contributed by atoms with E-state index < -0.39 is 5.97 Å². The van der Waals surface area contributed by atoms with Crippen molar-refractivity contribution in [3.8, 4) is 5.75 Å². The molecule has 0 spiro atoms. The third-order valence-corrected chi connectivity index (χ3v) is 3.45. The lowest BCUT2D eigenvalue weighted by Gasteiger charge is -2.04. The molecule has 4 heteroatoms. The molecule has 0 heterocycles. The predicted molar refractivity (Wildman–Crippen MR) is 85.0 cm³/mol. The Morgan fingerprint density at radius 2 is 1.90 bits per heavy atom. The molecule has 0 aromatic heterocycles. The minimum absolute atomic E-state index is 0.436. The molecule has 0 saturated heterocycles. The average Bonchev–Trinajstić information content (AvgIpc) is 2.41. The Morgan fingerprint density at radius 3 is 2.55 bits per heavy atom. The summed E-state index contributed by atoms with van der Waals surface area (Å²) in [5.41, 5.74) is 2.12. The van der Waals surface area contributed by atoms with Gasteiger partial charge in [0.2, 0.25) is 0 Å². The van der Waals surface area contributed by atoms with Gasteiger partial charge in [-0.05, 0) is 52.7 Å². The van der Waals surface area contributed by atoms with Gasteiger partial charge in [-0.2, -0.15) is 0 Å². The molecule has 20 heavy (non-hydrogen) atoms. The van der Waals surface area contributed by atoms with Crippen molar-refractivity contribution in [3.05, 3.63) is 69.2 Å². The predicted octanol–water partition coefficient (Wildman–Crippen LogP) is 5.03. The van der Waals surface area contributed by atoms with Gasteiger partial charge in [-0.15, -0.1) is 0 Å². The molecule has 0 amide bonds. The Morgan fingerprint density at radius 1 is 1.20 bits per heavy atom. The SMILES string of the molecule is Cc1ccc(C=CC(=O)Oc2ccc(Cl)cc2Br)cc1. The molecule has 0 saturated carbocycles. The highest BCUT2D eigenvalue weighted by Crippen LogP contribution is 2.28. The maximum absolute atomic E-state index is 11.7. The Labute approximate surface area is 131 Å². The van der Waals surface area contributed by atoms with Crippen molar-refractivity contribution in [2.24, 2.45) is 0 Å². The van der Waals surface area contributed by atoms with Gasteiger partial charge in [-0.1, -0.05) is 41.4 Å². The van der Waals surface area contributed by atoms with Crippen LogP contribution in [0.2, 0.25) is 5.02 Å². The van der Waals surface area contributed by atoms with Crippen LogP contribution in [0.3, 0.4) is 0 Å². The number of esters is 1. The average molecular weight is 352 g/mol. The molecule has 102 valence electrons. The van der Waals surface area contributed by atoms with Crippen LogP contribution in [-0.4, -0.2) is 5.97 Å². The van der Waals surface area contributed by atoms with Crippen LogP contribution in [0, 0.1) is 6.92 Å². The summed E-state index contributed by atoms with van der Waals surface area (Å²) in [5.74, 6) is 0.00144. The fourth-order valence-corrected chi connectivity index (χ4v) is 2.31. The third kappa shape index (κ3) is 4.22. The number of benzene rings is 2. The van der Waals surface area contributed by atoms with Crippen LogP contribution in [0.25, 0.3) is 6.08 Å². The largest absolute Gasteiger partial charge is 0.422 e. The zero-order chi connectivity index (χ0) is 14.5. The van der Waals surface area contributed by atoms with Gasteiger partial charge in [-0.25, -0.2) is 4.79 Å².